The second kappa shape index (κ2) is 2.60. The summed E-state index contributed by atoms with van der Waals surface area (Å²) in [5.41, 5.74) is -0.632. The van der Waals surface area contributed by atoms with Crippen molar-refractivity contribution in [1.29, 1.82) is 0 Å². The number of aromatic nitrogens is 2. The van der Waals surface area contributed by atoms with Gasteiger partial charge in [0.15, 0.2) is 0 Å². The highest BCUT2D eigenvalue weighted by Gasteiger charge is 2.28. The number of rotatable bonds is 2. The van der Waals surface area contributed by atoms with Gasteiger partial charge in [0.25, 0.3) is 0 Å². The summed E-state index contributed by atoms with van der Waals surface area (Å²) in [5.74, 6) is 0. The minimum Gasteiger partial charge on any atom is -0.444 e. The maximum absolute atomic E-state index is 12.1. The molecule has 0 atom stereocenters. The van der Waals surface area contributed by atoms with Crippen LogP contribution in [0.1, 0.15) is 6.92 Å². The molecule has 0 amide bonds. The van der Waals surface area contributed by atoms with Crippen LogP contribution in [-0.2, 0) is 6.54 Å². The zero-order chi connectivity index (χ0) is 8.48. The molecular formula is C5H7BF3N2-. The van der Waals surface area contributed by atoms with Gasteiger partial charge in [-0.05, 0) is 12.5 Å². The van der Waals surface area contributed by atoms with Crippen molar-refractivity contribution >= 4 is 12.6 Å². The first-order valence-electron chi connectivity index (χ1n) is 3.27. The Kier molecular flexibility index (Phi) is 1.93. The number of aryl methyl sites for hydroxylation is 1. The van der Waals surface area contributed by atoms with Gasteiger partial charge in [-0.1, -0.05) is 6.07 Å². The first-order chi connectivity index (χ1) is 5.05. The van der Waals surface area contributed by atoms with Crippen molar-refractivity contribution < 1.29 is 12.9 Å². The lowest BCUT2D eigenvalue weighted by Gasteiger charge is -2.15. The number of hydrogen-bond donors (Lipinski definition) is 0. The highest BCUT2D eigenvalue weighted by atomic mass is 19.4. The Morgan fingerprint density at radius 2 is 2.18 bits per heavy atom. The summed E-state index contributed by atoms with van der Waals surface area (Å²) in [6.07, 6.45) is 1.16. The van der Waals surface area contributed by atoms with Crippen LogP contribution in [0.4, 0.5) is 12.9 Å². The predicted molar refractivity (Wildman–Crippen MR) is 36.6 cm³/mol. The van der Waals surface area contributed by atoms with Crippen molar-refractivity contribution in [3.63, 3.8) is 0 Å². The summed E-state index contributed by atoms with van der Waals surface area (Å²) in [6.45, 7) is -3.02. The van der Waals surface area contributed by atoms with Gasteiger partial charge < -0.3 is 12.9 Å². The van der Waals surface area contributed by atoms with Crippen molar-refractivity contribution in [1.82, 2.24) is 9.78 Å². The fourth-order valence-corrected chi connectivity index (χ4v) is 0.885. The van der Waals surface area contributed by atoms with Gasteiger partial charge in [-0.3, -0.25) is 4.68 Å². The summed E-state index contributed by atoms with van der Waals surface area (Å²) < 4.78 is 37.2. The van der Waals surface area contributed by atoms with E-state index in [1.54, 1.807) is 6.92 Å². The van der Waals surface area contributed by atoms with Gasteiger partial charge in [-0.2, -0.15) is 5.10 Å². The number of hydrogen-bond acceptors (Lipinski definition) is 1. The quantitative estimate of drug-likeness (QED) is 0.593. The average Bonchev–Trinajstić information content (AvgIpc) is 2.31. The Hall–Kier alpha value is -0.935. The van der Waals surface area contributed by atoms with Crippen LogP contribution in [0.2, 0.25) is 0 Å². The molecule has 1 rings (SSSR count). The molecule has 0 aliphatic rings. The topological polar surface area (TPSA) is 17.8 Å². The molecule has 0 aliphatic carbocycles. The molecule has 0 radical (unpaired) electrons. The molecule has 62 valence electrons. The molecule has 6 heteroatoms. The van der Waals surface area contributed by atoms with Crippen LogP contribution >= 0.6 is 0 Å². The Bertz CT molecular complexity index is 242. The molecule has 1 aromatic heterocycles. The minimum absolute atomic E-state index is 0.254. The van der Waals surface area contributed by atoms with E-state index in [4.69, 9.17) is 0 Å². The number of nitrogens with zero attached hydrogens (tertiary/aromatic N) is 2. The molecule has 0 fully saturated rings. The largest absolute Gasteiger partial charge is 0.527 e. The molecule has 0 aromatic carbocycles. The first kappa shape index (κ1) is 8.16. The molecular weight excluding hydrogens is 156 g/mol. The van der Waals surface area contributed by atoms with Gasteiger partial charge >= 0.3 is 6.98 Å². The summed E-state index contributed by atoms with van der Waals surface area (Å²) >= 11 is 0. The lowest BCUT2D eigenvalue weighted by Crippen LogP contribution is -2.40. The molecule has 0 saturated carbocycles. The average molecular weight is 163 g/mol. The van der Waals surface area contributed by atoms with Crippen LogP contribution in [0.25, 0.3) is 0 Å². The third-order valence-electron chi connectivity index (χ3n) is 1.38. The van der Waals surface area contributed by atoms with E-state index >= 15 is 0 Å². The van der Waals surface area contributed by atoms with Gasteiger partial charge in [0.2, 0.25) is 0 Å². The Morgan fingerprint density at radius 3 is 2.55 bits per heavy atom. The van der Waals surface area contributed by atoms with Crippen molar-refractivity contribution in [3.8, 4) is 0 Å². The van der Waals surface area contributed by atoms with Crippen LogP contribution in [0.3, 0.4) is 0 Å². The van der Waals surface area contributed by atoms with Crippen LogP contribution in [0.5, 0.6) is 0 Å². The van der Waals surface area contributed by atoms with E-state index in [0.717, 1.165) is 16.9 Å². The van der Waals surface area contributed by atoms with E-state index in [0.29, 0.717) is 0 Å². The summed E-state index contributed by atoms with van der Waals surface area (Å²) in [5, 5.41) is 3.51. The van der Waals surface area contributed by atoms with Crippen molar-refractivity contribution in [2.45, 2.75) is 13.5 Å². The SMILES string of the molecule is CCn1nccc1[B-](F)(F)F. The molecule has 0 unspecified atom stereocenters. The fourth-order valence-electron chi connectivity index (χ4n) is 0.885. The Labute approximate surface area is 62.1 Å². The third kappa shape index (κ3) is 1.55. The smallest absolute Gasteiger partial charge is 0.444 e. The second-order valence-electron chi connectivity index (χ2n) is 2.15. The van der Waals surface area contributed by atoms with Gasteiger partial charge in [0, 0.05) is 12.7 Å². The highest BCUT2D eigenvalue weighted by Crippen LogP contribution is 2.07. The lowest BCUT2D eigenvalue weighted by molar-refractivity contribution is 0.489. The maximum Gasteiger partial charge on any atom is 0.527 e. The van der Waals surface area contributed by atoms with E-state index in [1.165, 1.54) is 0 Å². The van der Waals surface area contributed by atoms with Crippen molar-refractivity contribution in [2.75, 3.05) is 0 Å². The zero-order valence-corrected chi connectivity index (χ0v) is 5.97. The first-order valence-corrected chi connectivity index (χ1v) is 3.27. The lowest BCUT2D eigenvalue weighted by atomic mass is 9.86. The van der Waals surface area contributed by atoms with Crippen LogP contribution in [0.15, 0.2) is 12.3 Å². The maximum atomic E-state index is 12.1. The number of halogens is 3. The zero-order valence-electron chi connectivity index (χ0n) is 5.97. The predicted octanol–water partition coefficient (Wildman–Crippen LogP) is 0.957. The molecule has 11 heavy (non-hydrogen) atoms. The van der Waals surface area contributed by atoms with E-state index < -0.39 is 12.6 Å². The van der Waals surface area contributed by atoms with E-state index in [9.17, 15) is 12.9 Å². The molecule has 2 nitrogen and oxygen atoms in total. The van der Waals surface area contributed by atoms with E-state index in [-0.39, 0.29) is 6.54 Å². The van der Waals surface area contributed by atoms with E-state index in [1.807, 2.05) is 0 Å². The normalized spacial score (nSPS) is 12.0. The summed E-state index contributed by atoms with van der Waals surface area (Å²) in [4.78, 5) is 0. The van der Waals surface area contributed by atoms with Crippen molar-refractivity contribution in [3.05, 3.63) is 12.3 Å². The molecule has 0 bridgehead atoms. The monoisotopic (exact) mass is 163 g/mol. The Morgan fingerprint density at radius 1 is 1.55 bits per heavy atom. The molecule has 0 spiro atoms. The van der Waals surface area contributed by atoms with Crippen LogP contribution < -0.4 is 5.59 Å². The molecule has 1 aromatic rings. The Balaban J connectivity index is 3.02. The van der Waals surface area contributed by atoms with Crippen molar-refractivity contribution in [2.24, 2.45) is 0 Å². The molecule has 0 N–H and O–H groups in total. The van der Waals surface area contributed by atoms with Crippen LogP contribution in [0, 0.1) is 0 Å². The molecule has 0 saturated heterocycles. The third-order valence-corrected chi connectivity index (χ3v) is 1.38. The summed E-state index contributed by atoms with van der Waals surface area (Å²) in [7, 11) is 0. The summed E-state index contributed by atoms with van der Waals surface area (Å²) in [6, 6.07) is 0.990. The van der Waals surface area contributed by atoms with E-state index in [2.05, 4.69) is 5.10 Å². The van der Waals surface area contributed by atoms with Gasteiger partial charge in [0.05, 0.1) is 0 Å². The van der Waals surface area contributed by atoms with Gasteiger partial charge in [-0.15, -0.1) is 0 Å². The standard InChI is InChI=1S/C5H7BF3N2/c1-2-11-5(3-4-10-11)6(7,8)9/h3-4H,2H2,1H3/q-1. The minimum atomic E-state index is -4.90. The molecule has 1 heterocycles. The highest BCUT2D eigenvalue weighted by molar-refractivity contribution is 6.72. The van der Waals surface area contributed by atoms with Crippen LogP contribution in [-0.4, -0.2) is 16.8 Å². The van der Waals surface area contributed by atoms with Gasteiger partial charge in [-0.25, -0.2) is 0 Å². The fraction of sp³-hybridized carbons (Fsp3) is 0.400. The van der Waals surface area contributed by atoms with Gasteiger partial charge in [0.1, 0.15) is 0 Å². The second-order valence-corrected chi connectivity index (χ2v) is 2.15. The molecule has 0 aliphatic heterocycles.